The van der Waals surface area contributed by atoms with E-state index in [1.54, 1.807) is 0 Å². The Bertz CT molecular complexity index is 349. The molecule has 2 aliphatic rings. The van der Waals surface area contributed by atoms with Crippen LogP contribution in [0.25, 0.3) is 0 Å². The Morgan fingerprint density at radius 1 is 1.33 bits per heavy atom. The van der Waals surface area contributed by atoms with Gasteiger partial charge in [0.05, 0.1) is 0 Å². The molecule has 1 heterocycles. The topological polar surface area (TPSA) is 37.8 Å². The van der Waals surface area contributed by atoms with Gasteiger partial charge < -0.3 is 5.32 Å². The smallest absolute Gasteiger partial charge is 0.131 e. The van der Waals surface area contributed by atoms with Crippen LogP contribution in [0.15, 0.2) is 0 Å². The minimum absolute atomic E-state index is 0.742. The first-order valence-electron chi connectivity index (χ1n) is 5.83. The summed E-state index contributed by atoms with van der Waals surface area (Å²) in [5.41, 5.74) is 0. The third kappa shape index (κ3) is 1.70. The third-order valence-corrected chi connectivity index (χ3v) is 4.92. The Morgan fingerprint density at radius 2 is 2.27 bits per heavy atom. The molecule has 0 aliphatic heterocycles. The Morgan fingerprint density at radius 3 is 2.93 bits per heavy atom. The van der Waals surface area contributed by atoms with Gasteiger partial charge in [0.15, 0.2) is 0 Å². The number of nitrogens with zero attached hydrogens (tertiary/aromatic N) is 2. The van der Waals surface area contributed by atoms with Gasteiger partial charge in [-0.25, -0.2) is 0 Å². The molecule has 2 bridgehead atoms. The molecular weight excluding hydrogens is 206 g/mol. The SMILES string of the molecule is CNCc1nnc(C2CC3CCC2C3)s1. The van der Waals surface area contributed by atoms with Crippen LogP contribution in [0.4, 0.5) is 0 Å². The molecule has 3 unspecified atom stereocenters. The number of fused-ring (bicyclic) bond motifs is 2. The van der Waals surface area contributed by atoms with E-state index >= 15 is 0 Å². The van der Waals surface area contributed by atoms with Gasteiger partial charge in [-0.3, -0.25) is 0 Å². The van der Waals surface area contributed by atoms with Crippen molar-refractivity contribution in [2.24, 2.45) is 11.8 Å². The van der Waals surface area contributed by atoms with Gasteiger partial charge in [-0.1, -0.05) is 17.8 Å². The normalized spacial score (nSPS) is 33.8. The van der Waals surface area contributed by atoms with E-state index in [1.165, 1.54) is 30.7 Å². The highest BCUT2D eigenvalue weighted by molar-refractivity contribution is 7.11. The van der Waals surface area contributed by atoms with Gasteiger partial charge >= 0.3 is 0 Å². The molecule has 1 aromatic rings. The van der Waals surface area contributed by atoms with Crippen molar-refractivity contribution in [3.8, 4) is 0 Å². The maximum Gasteiger partial charge on any atom is 0.131 e. The summed E-state index contributed by atoms with van der Waals surface area (Å²) in [5, 5.41) is 14.2. The Balaban J connectivity index is 1.75. The Hall–Kier alpha value is -0.480. The van der Waals surface area contributed by atoms with E-state index in [2.05, 4.69) is 15.5 Å². The predicted octanol–water partition coefficient (Wildman–Crippen LogP) is 2.16. The summed E-state index contributed by atoms with van der Waals surface area (Å²) >= 11 is 1.81. The number of hydrogen-bond donors (Lipinski definition) is 1. The molecule has 82 valence electrons. The second kappa shape index (κ2) is 3.83. The van der Waals surface area contributed by atoms with E-state index in [4.69, 9.17) is 0 Å². The molecule has 0 radical (unpaired) electrons. The minimum atomic E-state index is 0.742. The van der Waals surface area contributed by atoms with Crippen molar-refractivity contribution in [1.29, 1.82) is 0 Å². The zero-order valence-corrected chi connectivity index (χ0v) is 9.89. The number of rotatable bonds is 3. The van der Waals surface area contributed by atoms with Crippen LogP contribution in [-0.4, -0.2) is 17.2 Å². The quantitative estimate of drug-likeness (QED) is 0.853. The average molecular weight is 223 g/mol. The summed E-state index contributed by atoms with van der Waals surface area (Å²) in [6.07, 6.45) is 5.71. The van der Waals surface area contributed by atoms with Crippen LogP contribution in [0.1, 0.15) is 41.6 Å². The molecule has 3 rings (SSSR count). The maximum absolute atomic E-state index is 4.36. The second-order valence-corrected chi connectivity index (χ2v) is 5.94. The van der Waals surface area contributed by atoms with Gasteiger partial charge in [-0.05, 0) is 38.1 Å². The van der Waals surface area contributed by atoms with Crippen molar-refractivity contribution < 1.29 is 0 Å². The van der Waals surface area contributed by atoms with E-state index in [-0.39, 0.29) is 0 Å². The molecule has 2 saturated carbocycles. The molecule has 1 N–H and O–H groups in total. The van der Waals surface area contributed by atoms with Crippen LogP contribution >= 0.6 is 11.3 Å². The van der Waals surface area contributed by atoms with Crippen LogP contribution in [0.5, 0.6) is 0 Å². The first kappa shape index (κ1) is 9.73. The maximum atomic E-state index is 4.36. The molecule has 0 spiro atoms. The summed E-state index contributed by atoms with van der Waals surface area (Å²) in [6.45, 7) is 0.860. The fourth-order valence-electron chi connectivity index (χ4n) is 3.19. The highest BCUT2D eigenvalue weighted by atomic mass is 32.1. The van der Waals surface area contributed by atoms with Crippen molar-refractivity contribution in [3.05, 3.63) is 10.0 Å². The lowest BCUT2D eigenvalue weighted by Crippen LogP contribution is -2.07. The zero-order valence-electron chi connectivity index (χ0n) is 9.07. The molecule has 1 aromatic heterocycles. The zero-order chi connectivity index (χ0) is 10.3. The molecule has 2 fully saturated rings. The average Bonchev–Trinajstić information content (AvgIpc) is 2.91. The standard InChI is InChI=1S/C11H17N3S/c1-12-6-10-13-14-11(15-10)9-5-7-2-3-8(9)4-7/h7-9,12H,2-6H2,1H3. The van der Waals surface area contributed by atoms with E-state index in [0.29, 0.717) is 0 Å². The summed E-state index contributed by atoms with van der Waals surface area (Å²) in [6, 6.07) is 0. The highest BCUT2D eigenvalue weighted by Gasteiger charge is 2.41. The van der Waals surface area contributed by atoms with Crippen LogP contribution < -0.4 is 5.32 Å². The van der Waals surface area contributed by atoms with Crippen LogP contribution in [0, 0.1) is 11.8 Å². The Labute approximate surface area is 94.3 Å². The molecule has 15 heavy (non-hydrogen) atoms. The monoisotopic (exact) mass is 223 g/mol. The van der Waals surface area contributed by atoms with Gasteiger partial charge in [0.2, 0.25) is 0 Å². The van der Waals surface area contributed by atoms with Crippen molar-refractivity contribution in [2.45, 2.75) is 38.1 Å². The fourth-order valence-corrected chi connectivity index (χ4v) is 4.25. The molecule has 3 atom stereocenters. The van der Waals surface area contributed by atoms with Crippen molar-refractivity contribution in [1.82, 2.24) is 15.5 Å². The van der Waals surface area contributed by atoms with Crippen LogP contribution in [0.3, 0.4) is 0 Å². The summed E-state index contributed by atoms with van der Waals surface area (Å²) < 4.78 is 0. The van der Waals surface area contributed by atoms with Gasteiger partial charge in [-0.15, -0.1) is 10.2 Å². The lowest BCUT2D eigenvalue weighted by molar-refractivity contribution is 0.417. The molecule has 3 nitrogen and oxygen atoms in total. The molecular formula is C11H17N3S. The van der Waals surface area contributed by atoms with Crippen LogP contribution in [-0.2, 0) is 6.54 Å². The summed E-state index contributed by atoms with van der Waals surface area (Å²) in [4.78, 5) is 0. The predicted molar refractivity (Wildman–Crippen MR) is 60.9 cm³/mol. The van der Waals surface area contributed by atoms with Gasteiger partial charge in [0.25, 0.3) is 0 Å². The van der Waals surface area contributed by atoms with Crippen LogP contribution in [0.2, 0.25) is 0 Å². The first-order valence-corrected chi connectivity index (χ1v) is 6.65. The lowest BCUT2D eigenvalue weighted by atomic mass is 9.89. The minimum Gasteiger partial charge on any atom is -0.313 e. The third-order valence-electron chi connectivity index (χ3n) is 3.87. The molecule has 0 amide bonds. The van der Waals surface area contributed by atoms with Gasteiger partial charge in [0.1, 0.15) is 10.0 Å². The number of hydrogen-bond acceptors (Lipinski definition) is 4. The van der Waals surface area contributed by atoms with Crippen molar-refractivity contribution >= 4 is 11.3 Å². The molecule has 0 saturated heterocycles. The first-order chi connectivity index (χ1) is 7.36. The molecule has 0 aromatic carbocycles. The lowest BCUT2D eigenvalue weighted by Gasteiger charge is -2.18. The van der Waals surface area contributed by atoms with Crippen molar-refractivity contribution in [2.75, 3.05) is 7.05 Å². The van der Waals surface area contributed by atoms with E-state index < -0.39 is 0 Å². The summed E-state index contributed by atoms with van der Waals surface area (Å²) in [7, 11) is 1.96. The van der Waals surface area contributed by atoms with E-state index in [9.17, 15) is 0 Å². The number of aromatic nitrogens is 2. The van der Waals surface area contributed by atoms with Gasteiger partial charge in [0, 0.05) is 12.5 Å². The fraction of sp³-hybridized carbons (Fsp3) is 0.818. The summed E-state index contributed by atoms with van der Waals surface area (Å²) in [5.74, 6) is 2.66. The van der Waals surface area contributed by atoms with Crippen molar-refractivity contribution in [3.63, 3.8) is 0 Å². The highest BCUT2D eigenvalue weighted by Crippen LogP contribution is 2.53. The van der Waals surface area contributed by atoms with Gasteiger partial charge in [-0.2, -0.15) is 0 Å². The second-order valence-electron chi connectivity index (χ2n) is 4.85. The Kier molecular flexibility index (Phi) is 2.48. The number of nitrogens with one attached hydrogen (secondary N) is 1. The van der Waals surface area contributed by atoms with E-state index in [0.717, 1.165) is 29.3 Å². The molecule has 2 aliphatic carbocycles. The van der Waals surface area contributed by atoms with E-state index in [1.807, 2.05) is 18.4 Å². The molecule has 4 heteroatoms. The largest absolute Gasteiger partial charge is 0.313 e.